The van der Waals surface area contributed by atoms with E-state index in [0.717, 1.165) is 0 Å². The zero-order chi connectivity index (χ0) is 15.8. The van der Waals surface area contributed by atoms with Crippen LogP contribution in [0.1, 0.15) is 64.7 Å². The Morgan fingerprint density at radius 3 is 1.90 bits per heavy atom. The van der Waals surface area contributed by atoms with Crippen LogP contribution < -0.4 is 0 Å². The zero-order valence-corrected chi connectivity index (χ0v) is 18.2. The first-order valence-corrected chi connectivity index (χ1v) is 17.3. The maximum absolute atomic E-state index is 5.79. The molecule has 0 saturated carbocycles. The summed E-state index contributed by atoms with van der Waals surface area (Å²) in [7, 11) is 0. The quantitative estimate of drug-likeness (QED) is 0.234. The Morgan fingerprint density at radius 1 is 0.905 bits per heavy atom. The molecule has 1 heterocycles. The number of hydrogen-bond donors (Lipinski definition) is 0. The summed E-state index contributed by atoms with van der Waals surface area (Å²) in [6.07, 6.45) is 17.3. The number of hydrogen-bond acceptors (Lipinski definition) is 3. The van der Waals surface area contributed by atoms with Gasteiger partial charge in [-0.15, -0.1) is 0 Å². The van der Waals surface area contributed by atoms with E-state index >= 15 is 0 Å². The van der Waals surface area contributed by atoms with Crippen LogP contribution in [0.5, 0.6) is 0 Å². The highest BCUT2D eigenvalue weighted by Gasteiger charge is 2.28. The van der Waals surface area contributed by atoms with Gasteiger partial charge in [-0.05, 0) is 26.2 Å². The molecule has 2 atom stereocenters. The highest BCUT2D eigenvalue weighted by Crippen LogP contribution is 2.79. The van der Waals surface area contributed by atoms with Crippen LogP contribution in [-0.4, -0.2) is 25.7 Å². The number of allylic oxidation sites excluding steroid dienone is 2. The second-order valence-electron chi connectivity index (χ2n) is 6.55. The first-order valence-electron chi connectivity index (χ1n) is 8.37. The largest absolute Gasteiger partial charge is 0.0863 e. The fourth-order valence-electron chi connectivity index (χ4n) is 2.92. The summed E-state index contributed by atoms with van der Waals surface area (Å²) in [6, 6.07) is 0. The van der Waals surface area contributed by atoms with Gasteiger partial charge < -0.3 is 0 Å². The molecule has 0 aromatic carbocycles. The van der Waals surface area contributed by atoms with Crippen LogP contribution in [0.2, 0.25) is 0 Å². The van der Waals surface area contributed by atoms with E-state index in [1.807, 2.05) is 11.0 Å². The van der Waals surface area contributed by atoms with Crippen molar-refractivity contribution in [2.24, 2.45) is 0 Å². The molecule has 0 aromatic heterocycles. The van der Waals surface area contributed by atoms with Gasteiger partial charge in [-0.2, -0.15) is 0 Å². The van der Waals surface area contributed by atoms with Crippen LogP contribution >= 0.6 is 21.5 Å². The van der Waals surface area contributed by atoms with Gasteiger partial charge >= 0.3 is 0 Å². The highest BCUT2D eigenvalue weighted by molar-refractivity contribution is 8.99. The summed E-state index contributed by atoms with van der Waals surface area (Å²) in [4.78, 5) is 0. The topological polar surface area (TPSA) is 0 Å². The lowest BCUT2D eigenvalue weighted by Gasteiger charge is -2.31. The predicted molar refractivity (Wildman–Crippen MR) is 113 cm³/mol. The van der Waals surface area contributed by atoms with Crippen LogP contribution in [-0.2, 0) is 23.6 Å². The van der Waals surface area contributed by atoms with Gasteiger partial charge in [0.1, 0.15) is 0 Å². The maximum atomic E-state index is 5.79. The molecule has 0 bridgehead atoms. The molecule has 1 fully saturated rings. The standard InChI is InChI=1S/C16H32P2S3/c1-4-5-6-7-8-9-10-11-12-13-16-14-17(2,19)21-18(3,20)15-16/h13H,4-12,14-15H2,1-3H3. The Hall–Kier alpha value is 1.39. The summed E-state index contributed by atoms with van der Waals surface area (Å²) in [5.41, 5.74) is 1.60. The molecular formula is C16H32P2S3. The Balaban J connectivity index is 2.18. The van der Waals surface area contributed by atoms with Crippen molar-refractivity contribution in [3.05, 3.63) is 11.6 Å². The Labute approximate surface area is 146 Å². The molecule has 0 nitrogen and oxygen atoms in total. The molecule has 0 aromatic rings. The van der Waals surface area contributed by atoms with Crippen LogP contribution in [0, 0.1) is 0 Å². The average molecular weight is 383 g/mol. The monoisotopic (exact) mass is 382 g/mol. The van der Waals surface area contributed by atoms with Crippen molar-refractivity contribution < 1.29 is 0 Å². The van der Waals surface area contributed by atoms with E-state index < -0.39 is 10.5 Å². The summed E-state index contributed by atoms with van der Waals surface area (Å²) in [5, 5.41) is -2.43. The highest BCUT2D eigenvalue weighted by atomic mass is 33.2. The van der Waals surface area contributed by atoms with E-state index in [-0.39, 0.29) is 0 Å². The number of rotatable bonds is 9. The molecule has 1 aliphatic rings. The fraction of sp³-hybridized carbons (Fsp3) is 0.875. The minimum Gasteiger partial charge on any atom is -0.0863 e. The molecule has 0 amide bonds. The summed E-state index contributed by atoms with van der Waals surface area (Å²) < 4.78 is 0. The van der Waals surface area contributed by atoms with Gasteiger partial charge in [0.25, 0.3) is 0 Å². The van der Waals surface area contributed by atoms with Gasteiger partial charge in [0.05, 0.1) is 0 Å². The van der Waals surface area contributed by atoms with E-state index in [4.69, 9.17) is 23.6 Å². The molecular weight excluding hydrogens is 350 g/mol. The molecule has 0 N–H and O–H groups in total. The molecule has 0 aliphatic carbocycles. The Bertz CT molecular complexity index is 403. The first-order chi connectivity index (χ1) is 9.85. The van der Waals surface area contributed by atoms with Gasteiger partial charge in [0.2, 0.25) is 0 Å². The Morgan fingerprint density at radius 2 is 1.38 bits per heavy atom. The minimum absolute atomic E-state index is 1.18. The molecule has 1 aliphatic heterocycles. The third-order valence-electron chi connectivity index (χ3n) is 3.82. The second kappa shape index (κ2) is 10.3. The van der Waals surface area contributed by atoms with E-state index in [2.05, 4.69) is 26.3 Å². The predicted octanol–water partition coefficient (Wildman–Crippen LogP) is 7.24. The summed E-state index contributed by atoms with van der Waals surface area (Å²) >= 11 is 13.6. The molecule has 1 rings (SSSR count). The lowest BCUT2D eigenvalue weighted by molar-refractivity contribution is 0.577. The van der Waals surface area contributed by atoms with Crippen molar-refractivity contribution in [1.29, 1.82) is 0 Å². The lowest BCUT2D eigenvalue weighted by atomic mass is 10.1. The van der Waals surface area contributed by atoms with Crippen molar-refractivity contribution in [2.45, 2.75) is 64.7 Å². The van der Waals surface area contributed by atoms with Gasteiger partial charge in [-0.3, -0.25) is 0 Å². The summed E-state index contributed by atoms with van der Waals surface area (Å²) in [6.45, 7) is 6.87. The van der Waals surface area contributed by atoms with Crippen LogP contribution in [0.15, 0.2) is 11.6 Å². The maximum Gasteiger partial charge on any atom is 0.0128 e. The van der Waals surface area contributed by atoms with E-state index in [9.17, 15) is 0 Å². The molecule has 5 heteroatoms. The van der Waals surface area contributed by atoms with Gasteiger partial charge in [-0.25, -0.2) is 0 Å². The van der Waals surface area contributed by atoms with Crippen molar-refractivity contribution in [1.82, 2.24) is 0 Å². The Kier molecular flexibility index (Phi) is 10.0. The van der Waals surface area contributed by atoms with Crippen LogP contribution in [0.25, 0.3) is 0 Å². The molecule has 0 spiro atoms. The summed E-state index contributed by atoms with van der Waals surface area (Å²) in [5.74, 6) is 0. The minimum atomic E-state index is -1.21. The van der Waals surface area contributed by atoms with E-state index in [1.165, 1.54) is 70.1 Å². The fourth-order valence-corrected chi connectivity index (χ4v) is 27.1. The molecule has 2 unspecified atom stereocenters. The van der Waals surface area contributed by atoms with Crippen molar-refractivity contribution in [3.63, 3.8) is 0 Å². The first kappa shape index (κ1) is 20.4. The lowest BCUT2D eigenvalue weighted by Crippen LogP contribution is -2.02. The third kappa shape index (κ3) is 9.98. The average Bonchev–Trinajstić information content (AvgIpc) is 2.33. The molecule has 124 valence electrons. The van der Waals surface area contributed by atoms with Gasteiger partial charge in [0.15, 0.2) is 0 Å². The number of unbranched alkanes of at least 4 members (excludes halogenated alkanes) is 8. The zero-order valence-electron chi connectivity index (χ0n) is 14.0. The van der Waals surface area contributed by atoms with Crippen molar-refractivity contribution >= 4 is 45.1 Å². The van der Waals surface area contributed by atoms with Crippen molar-refractivity contribution in [3.8, 4) is 0 Å². The molecule has 21 heavy (non-hydrogen) atoms. The SMILES string of the molecule is CCCCCCCCCCC=C1CP(C)(=S)SP(C)(=S)C1. The van der Waals surface area contributed by atoms with E-state index in [0.29, 0.717) is 0 Å². The normalized spacial score (nSPS) is 29.6. The van der Waals surface area contributed by atoms with E-state index in [1.54, 1.807) is 5.57 Å². The smallest absolute Gasteiger partial charge is 0.0128 e. The second-order valence-corrected chi connectivity index (χ2v) is 24.4. The third-order valence-corrected chi connectivity index (χ3v) is 19.9. The molecule has 0 radical (unpaired) electrons. The van der Waals surface area contributed by atoms with Crippen molar-refractivity contribution in [2.75, 3.05) is 25.7 Å². The molecule has 1 saturated heterocycles. The van der Waals surface area contributed by atoms with Crippen LogP contribution in [0.4, 0.5) is 0 Å². The van der Waals surface area contributed by atoms with Gasteiger partial charge in [-0.1, -0.05) is 98.1 Å². The van der Waals surface area contributed by atoms with Gasteiger partial charge in [0, 0.05) is 22.8 Å². The van der Waals surface area contributed by atoms with Crippen LogP contribution in [0.3, 0.4) is 0 Å².